The standard InChI is InChI=1S/C23H22N2O5S2/c1-16(26)17-7-11-20(12-8-17)25(2)32(29,30)22-6-4-5-18(15-22)23(27)24-19-9-13-21(14-10-19)31(3)28/h4-15H,1-3H3,(H,24,27). The highest BCUT2D eigenvalue weighted by molar-refractivity contribution is 7.92. The van der Waals surface area contributed by atoms with Crippen LogP contribution in [-0.4, -0.2) is 38.0 Å². The molecule has 7 nitrogen and oxygen atoms in total. The molecule has 0 radical (unpaired) electrons. The average Bonchev–Trinajstić information content (AvgIpc) is 2.79. The molecule has 0 aromatic heterocycles. The van der Waals surface area contributed by atoms with Crippen molar-refractivity contribution in [2.45, 2.75) is 16.7 Å². The third kappa shape index (κ3) is 5.18. The van der Waals surface area contributed by atoms with Gasteiger partial charge >= 0.3 is 0 Å². The zero-order valence-corrected chi connectivity index (χ0v) is 19.4. The Bertz CT molecular complexity index is 1240. The number of benzene rings is 3. The molecule has 1 atom stereocenters. The molecule has 1 unspecified atom stereocenters. The molecule has 3 aromatic rings. The maximum atomic E-state index is 13.1. The van der Waals surface area contributed by atoms with Crippen molar-refractivity contribution in [2.75, 3.05) is 22.9 Å². The maximum absolute atomic E-state index is 13.1. The summed E-state index contributed by atoms with van der Waals surface area (Å²) in [5, 5.41) is 2.70. The summed E-state index contributed by atoms with van der Waals surface area (Å²) >= 11 is -1.12. The van der Waals surface area contributed by atoms with Gasteiger partial charge in [0.05, 0.1) is 10.6 Å². The quantitative estimate of drug-likeness (QED) is 0.419. The first-order valence-electron chi connectivity index (χ1n) is 9.54. The fourth-order valence-corrected chi connectivity index (χ4v) is 4.70. The summed E-state index contributed by atoms with van der Waals surface area (Å²) in [7, 11) is -2.53. The number of hydrogen-bond acceptors (Lipinski definition) is 5. The van der Waals surface area contributed by atoms with Gasteiger partial charge in [0.2, 0.25) is 0 Å². The molecule has 32 heavy (non-hydrogen) atoms. The molecule has 0 fully saturated rings. The van der Waals surface area contributed by atoms with Gasteiger partial charge in [-0.05, 0) is 84.8 Å². The molecule has 0 heterocycles. The molecule has 0 aliphatic heterocycles. The van der Waals surface area contributed by atoms with Gasteiger partial charge in [-0.25, -0.2) is 8.42 Å². The molecule has 0 bridgehead atoms. The number of carbonyl (C=O) groups is 2. The fourth-order valence-electron chi connectivity index (χ4n) is 2.93. The normalized spacial score (nSPS) is 12.1. The summed E-state index contributed by atoms with van der Waals surface area (Å²) in [5.74, 6) is -0.584. The maximum Gasteiger partial charge on any atom is 0.264 e. The Kier molecular flexibility index (Phi) is 7.02. The lowest BCUT2D eigenvalue weighted by Gasteiger charge is -2.20. The van der Waals surface area contributed by atoms with Gasteiger partial charge in [0.25, 0.3) is 15.9 Å². The second-order valence-electron chi connectivity index (χ2n) is 7.04. The third-order valence-corrected chi connectivity index (χ3v) is 7.55. The third-order valence-electron chi connectivity index (χ3n) is 4.84. The number of rotatable bonds is 7. The van der Waals surface area contributed by atoms with Crippen molar-refractivity contribution in [3.8, 4) is 0 Å². The Morgan fingerprint density at radius 1 is 0.938 bits per heavy atom. The minimum absolute atomic E-state index is 0.0416. The molecule has 3 rings (SSSR count). The van der Waals surface area contributed by atoms with Crippen LogP contribution < -0.4 is 9.62 Å². The van der Waals surface area contributed by atoms with Gasteiger partial charge in [0.15, 0.2) is 10.7 Å². The van der Waals surface area contributed by atoms with E-state index in [4.69, 9.17) is 0 Å². The number of nitrogens with one attached hydrogen (secondary N) is 1. The lowest BCUT2D eigenvalue weighted by Crippen LogP contribution is -2.27. The first-order chi connectivity index (χ1) is 15.1. The predicted octanol–water partition coefficient (Wildman–Crippen LogP) is 3.70. The van der Waals surface area contributed by atoms with E-state index in [1.54, 1.807) is 54.8 Å². The van der Waals surface area contributed by atoms with Crippen LogP contribution in [0.15, 0.2) is 82.6 Å². The SMILES string of the molecule is CC(=O)c1ccc(N(C)S(=O)(=O)c2cccc(C(=O)Nc3ccc([S+](C)[O-])cc3)c2)cc1. The fraction of sp³-hybridized carbons (Fsp3) is 0.130. The molecule has 0 saturated carbocycles. The molecule has 1 amide bonds. The number of nitrogens with zero attached hydrogens (tertiary/aromatic N) is 1. The van der Waals surface area contributed by atoms with Crippen LogP contribution in [0.3, 0.4) is 0 Å². The first kappa shape index (κ1) is 23.5. The van der Waals surface area contributed by atoms with Crippen LogP contribution in [-0.2, 0) is 21.2 Å². The second kappa shape index (κ2) is 9.56. The number of Topliss-reactive ketones (excluding diaryl/α,β-unsaturated/α-hetero) is 1. The summed E-state index contributed by atoms with van der Waals surface area (Å²) in [5.41, 5.74) is 1.55. The van der Waals surface area contributed by atoms with Crippen molar-refractivity contribution >= 4 is 44.3 Å². The molecule has 0 spiro atoms. The van der Waals surface area contributed by atoms with E-state index < -0.39 is 27.1 Å². The number of anilines is 2. The number of amides is 1. The lowest BCUT2D eigenvalue weighted by atomic mass is 10.1. The van der Waals surface area contributed by atoms with Crippen LogP contribution in [0.5, 0.6) is 0 Å². The van der Waals surface area contributed by atoms with Crippen molar-refractivity contribution < 1.29 is 22.6 Å². The molecule has 166 valence electrons. The largest absolute Gasteiger partial charge is 0.612 e. The summed E-state index contributed by atoms with van der Waals surface area (Å²) < 4.78 is 38.7. The van der Waals surface area contributed by atoms with E-state index in [-0.39, 0.29) is 16.2 Å². The van der Waals surface area contributed by atoms with E-state index >= 15 is 0 Å². The zero-order chi connectivity index (χ0) is 23.5. The van der Waals surface area contributed by atoms with Crippen LogP contribution >= 0.6 is 0 Å². The average molecular weight is 471 g/mol. The number of sulfonamides is 1. The second-order valence-corrected chi connectivity index (χ2v) is 10.4. The minimum Gasteiger partial charge on any atom is -0.612 e. The molecular formula is C23H22N2O5S2. The summed E-state index contributed by atoms with van der Waals surface area (Å²) in [6.45, 7) is 1.44. The topological polar surface area (TPSA) is 107 Å². The minimum atomic E-state index is -3.93. The molecule has 0 saturated heterocycles. The Morgan fingerprint density at radius 3 is 2.12 bits per heavy atom. The van der Waals surface area contributed by atoms with Crippen LogP contribution in [0.2, 0.25) is 0 Å². The van der Waals surface area contributed by atoms with Gasteiger partial charge in [0, 0.05) is 23.9 Å². The van der Waals surface area contributed by atoms with Gasteiger partial charge in [-0.1, -0.05) is 6.07 Å². The van der Waals surface area contributed by atoms with Gasteiger partial charge in [0.1, 0.15) is 6.26 Å². The van der Waals surface area contributed by atoms with E-state index in [0.717, 1.165) is 4.31 Å². The van der Waals surface area contributed by atoms with Crippen molar-refractivity contribution in [3.05, 3.63) is 83.9 Å². The van der Waals surface area contributed by atoms with Gasteiger partial charge in [-0.3, -0.25) is 13.9 Å². The number of ketones is 1. The van der Waals surface area contributed by atoms with E-state index in [0.29, 0.717) is 21.8 Å². The van der Waals surface area contributed by atoms with E-state index in [2.05, 4.69) is 5.32 Å². The number of hydrogen-bond donors (Lipinski definition) is 1. The Balaban J connectivity index is 1.81. The van der Waals surface area contributed by atoms with E-state index in [9.17, 15) is 22.6 Å². The Labute approximate surface area is 190 Å². The summed E-state index contributed by atoms with van der Waals surface area (Å²) in [6, 6.07) is 18.5. The van der Waals surface area contributed by atoms with E-state index in [1.165, 1.54) is 38.2 Å². The van der Waals surface area contributed by atoms with Crippen LogP contribution in [0.4, 0.5) is 11.4 Å². The lowest BCUT2D eigenvalue weighted by molar-refractivity contribution is 0.101. The van der Waals surface area contributed by atoms with E-state index in [1.807, 2.05) is 0 Å². The highest BCUT2D eigenvalue weighted by Gasteiger charge is 2.22. The monoisotopic (exact) mass is 470 g/mol. The Hall–Kier alpha value is -3.14. The number of carbonyl (C=O) groups excluding carboxylic acids is 2. The van der Waals surface area contributed by atoms with Crippen molar-refractivity contribution in [3.63, 3.8) is 0 Å². The van der Waals surface area contributed by atoms with Crippen LogP contribution in [0.25, 0.3) is 0 Å². The van der Waals surface area contributed by atoms with Crippen molar-refractivity contribution in [1.29, 1.82) is 0 Å². The molecule has 3 aromatic carbocycles. The van der Waals surface area contributed by atoms with Crippen LogP contribution in [0.1, 0.15) is 27.6 Å². The van der Waals surface area contributed by atoms with Gasteiger partial charge in [-0.2, -0.15) is 0 Å². The molecule has 1 N–H and O–H groups in total. The zero-order valence-electron chi connectivity index (χ0n) is 17.7. The smallest absolute Gasteiger partial charge is 0.264 e. The highest BCUT2D eigenvalue weighted by Crippen LogP contribution is 2.24. The van der Waals surface area contributed by atoms with Gasteiger partial charge < -0.3 is 9.87 Å². The Morgan fingerprint density at radius 2 is 1.56 bits per heavy atom. The summed E-state index contributed by atoms with van der Waals surface area (Å²) in [6.07, 6.45) is 1.56. The van der Waals surface area contributed by atoms with Gasteiger partial charge in [-0.15, -0.1) is 0 Å². The van der Waals surface area contributed by atoms with Crippen molar-refractivity contribution in [2.24, 2.45) is 0 Å². The molecule has 0 aliphatic carbocycles. The molecule has 9 heteroatoms. The highest BCUT2D eigenvalue weighted by atomic mass is 32.2. The van der Waals surface area contributed by atoms with Crippen molar-refractivity contribution in [1.82, 2.24) is 0 Å². The first-order valence-corrected chi connectivity index (χ1v) is 12.5. The molecule has 0 aliphatic rings. The molecular weight excluding hydrogens is 448 g/mol. The van der Waals surface area contributed by atoms with Crippen LogP contribution in [0, 0.1) is 0 Å². The summed E-state index contributed by atoms with van der Waals surface area (Å²) in [4.78, 5) is 24.7. The predicted molar refractivity (Wildman–Crippen MR) is 125 cm³/mol.